The first kappa shape index (κ1) is 16.2. The van der Waals surface area contributed by atoms with E-state index in [1.54, 1.807) is 20.4 Å². The van der Waals surface area contributed by atoms with Crippen LogP contribution in [-0.4, -0.2) is 30.3 Å². The van der Waals surface area contributed by atoms with Gasteiger partial charge in [0.2, 0.25) is 11.7 Å². The minimum absolute atomic E-state index is 0.135. The predicted molar refractivity (Wildman–Crippen MR) is 91.6 cm³/mol. The number of hydrogen-bond donors (Lipinski definition) is 2. The summed E-state index contributed by atoms with van der Waals surface area (Å²) in [6, 6.07) is 1.97. The van der Waals surface area contributed by atoms with Crippen molar-refractivity contribution in [3.8, 4) is 17.2 Å². The maximum atomic E-state index is 6.04. The maximum Gasteiger partial charge on any atom is 0.221 e. The number of nitrogens with zero attached hydrogens (tertiary/aromatic N) is 2. The van der Waals surface area contributed by atoms with Crippen molar-refractivity contribution in [3.63, 3.8) is 0 Å². The normalized spacial score (nSPS) is 16.2. The quantitative estimate of drug-likeness (QED) is 0.882. The van der Waals surface area contributed by atoms with Crippen molar-refractivity contribution in [2.24, 2.45) is 0 Å². The van der Waals surface area contributed by atoms with Crippen molar-refractivity contribution >= 4 is 11.8 Å². The monoisotopic (exact) mass is 330 g/mol. The molecule has 0 spiro atoms. The first-order valence-electron chi connectivity index (χ1n) is 7.83. The summed E-state index contributed by atoms with van der Waals surface area (Å²) in [5, 5.41) is 0. The molecule has 0 bridgehead atoms. The summed E-state index contributed by atoms with van der Waals surface area (Å²) in [5.41, 5.74) is 14.5. The lowest BCUT2D eigenvalue weighted by molar-refractivity contribution is 0.181. The molecule has 1 aromatic carbocycles. The molecule has 1 aliphatic heterocycles. The van der Waals surface area contributed by atoms with Crippen LogP contribution in [0.15, 0.2) is 12.3 Å². The van der Waals surface area contributed by atoms with Gasteiger partial charge in [0.25, 0.3) is 0 Å². The largest absolute Gasteiger partial charge is 0.493 e. The molecule has 0 aliphatic carbocycles. The van der Waals surface area contributed by atoms with Crippen LogP contribution < -0.4 is 25.7 Å². The van der Waals surface area contributed by atoms with Gasteiger partial charge in [-0.1, -0.05) is 0 Å². The molecule has 1 unspecified atom stereocenters. The van der Waals surface area contributed by atoms with Crippen molar-refractivity contribution in [2.45, 2.75) is 32.3 Å². The highest BCUT2D eigenvalue weighted by Crippen LogP contribution is 2.45. The molecule has 4 N–H and O–H groups in total. The number of fused-ring (bicyclic) bond motifs is 1. The third-order valence-corrected chi connectivity index (χ3v) is 4.24. The van der Waals surface area contributed by atoms with Crippen molar-refractivity contribution in [3.05, 3.63) is 29.0 Å². The summed E-state index contributed by atoms with van der Waals surface area (Å²) in [7, 11) is 3.23. The first-order chi connectivity index (χ1) is 11.5. The SMILES string of the molecule is COc1cc(Cc2cnc(N)nc2N)c2c(c1OC)OC(C)CC2. The van der Waals surface area contributed by atoms with Gasteiger partial charge >= 0.3 is 0 Å². The fourth-order valence-corrected chi connectivity index (χ4v) is 2.99. The number of rotatable bonds is 4. The number of nitrogens with two attached hydrogens (primary N) is 2. The highest BCUT2D eigenvalue weighted by molar-refractivity contribution is 5.61. The molecular formula is C17H22N4O3. The van der Waals surface area contributed by atoms with E-state index < -0.39 is 0 Å². The fourth-order valence-electron chi connectivity index (χ4n) is 2.99. The molecule has 0 amide bonds. The summed E-state index contributed by atoms with van der Waals surface area (Å²) >= 11 is 0. The lowest BCUT2D eigenvalue weighted by Crippen LogP contribution is -2.21. The molecule has 2 aromatic rings. The molecule has 0 radical (unpaired) electrons. The number of hydrogen-bond acceptors (Lipinski definition) is 7. The van der Waals surface area contributed by atoms with Crippen molar-refractivity contribution < 1.29 is 14.2 Å². The van der Waals surface area contributed by atoms with E-state index in [1.807, 2.05) is 13.0 Å². The second kappa shape index (κ2) is 6.43. The summed E-state index contributed by atoms with van der Waals surface area (Å²) in [4.78, 5) is 8.06. The van der Waals surface area contributed by atoms with E-state index in [1.165, 1.54) is 0 Å². The summed E-state index contributed by atoms with van der Waals surface area (Å²) in [6.07, 6.45) is 4.22. The topological polar surface area (TPSA) is 106 Å². The molecule has 1 aliphatic rings. The molecule has 24 heavy (non-hydrogen) atoms. The zero-order valence-electron chi connectivity index (χ0n) is 14.1. The number of benzene rings is 1. The number of methoxy groups -OCH3 is 2. The molecule has 2 heterocycles. The maximum absolute atomic E-state index is 6.04. The first-order valence-corrected chi connectivity index (χ1v) is 7.83. The van der Waals surface area contributed by atoms with E-state index in [4.69, 9.17) is 25.7 Å². The molecule has 3 rings (SSSR count). The highest BCUT2D eigenvalue weighted by Gasteiger charge is 2.26. The van der Waals surface area contributed by atoms with E-state index in [0.29, 0.717) is 23.7 Å². The van der Waals surface area contributed by atoms with Crippen LogP contribution in [-0.2, 0) is 12.8 Å². The van der Waals surface area contributed by atoms with E-state index in [9.17, 15) is 0 Å². The van der Waals surface area contributed by atoms with Crippen LogP contribution in [0.3, 0.4) is 0 Å². The van der Waals surface area contributed by atoms with Crippen LogP contribution >= 0.6 is 0 Å². The zero-order chi connectivity index (χ0) is 17.3. The molecule has 0 saturated carbocycles. The second-order valence-corrected chi connectivity index (χ2v) is 5.86. The van der Waals surface area contributed by atoms with E-state index >= 15 is 0 Å². The average molecular weight is 330 g/mol. The Hall–Kier alpha value is -2.70. The summed E-state index contributed by atoms with van der Waals surface area (Å²) < 4.78 is 17.0. The molecule has 0 saturated heterocycles. The van der Waals surface area contributed by atoms with Gasteiger partial charge in [-0.2, -0.15) is 4.98 Å². The van der Waals surface area contributed by atoms with Gasteiger partial charge in [-0.25, -0.2) is 4.98 Å². The number of aromatic nitrogens is 2. The van der Waals surface area contributed by atoms with Crippen molar-refractivity contribution in [1.29, 1.82) is 0 Å². The minimum Gasteiger partial charge on any atom is -0.493 e. The molecule has 1 atom stereocenters. The van der Waals surface area contributed by atoms with Gasteiger partial charge in [0, 0.05) is 23.7 Å². The predicted octanol–water partition coefficient (Wildman–Crippen LogP) is 1.96. The Morgan fingerprint density at radius 3 is 2.71 bits per heavy atom. The van der Waals surface area contributed by atoms with Crippen LogP contribution in [0.25, 0.3) is 0 Å². The molecule has 7 heteroatoms. The van der Waals surface area contributed by atoms with E-state index in [2.05, 4.69) is 9.97 Å². The Morgan fingerprint density at radius 2 is 2.04 bits per heavy atom. The smallest absolute Gasteiger partial charge is 0.221 e. The van der Waals surface area contributed by atoms with Gasteiger partial charge in [-0.3, -0.25) is 0 Å². The highest BCUT2D eigenvalue weighted by atomic mass is 16.5. The Balaban J connectivity index is 2.08. The molecule has 0 fully saturated rings. The number of anilines is 2. The zero-order valence-corrected chi connectivity index (χ0v) is 14.1. The minimum atomic E-state index is 0.135. The Morgan fingerprint density at radius 1 is 1.25 bits per heavy atom. The Bertz CT molecular complexity index is 764. The van der Waals surface area contributed by atoms with Crippen molar-refractivity contribution in [1.82, 2.24) is 9.97 Å². The molecule has 128 valence electrons. The van der Waals surface area contributed by atoms with Gasteiger partial charge in [0.1, 0.15) is 5.82 Å². The summed E-state index contributed by atoms with van der Waals surface area (Å²) in [6.45, 7) is 2.05. The Labute approximate surface area is 140 Å². The van der Waals surface area contributed by atoms with Crippen LogP contribution in [0, 0.1) is 0 Å². The van der Waals surface area contributed by atoms with E-state index in [-0.39, 0.29) is 12.1 Å². The van der Waals surface area contributed by atoms with Crippen LogP contribution in [0.1, 0.15) is 30.0 Å². The molecule has 7 nitrogen and oxygen atoms in total. The van der Waals surface area contributed by atoms with Gasteiger partial charge in [0.15, 0.2) is 11.5 Å². The van der Waals surface area contributed by atoms with Crippen LogP contribution in [0.2, 0.25) is 0 Å². The van der Waals surface area contributed by atoms with Gasteiger partial charge in [-0.05, 0) is 31.4 Å². The molecular weight excluding hydrogens is 308 g/mol. The second-order valence-electron chi connectivity index (χ2n) is 5.86. The van der Waals surface area contributed by atoms with Crippen molar-refractivity contribution in [2.75, 3.05) is 25.7 Å². The fraction of sp³-hybridized carbons (Fsp3) is 0.412. The number of ether oxygens (including phenoxy) is 3. The van der Waals surface area contributed by atoms with Gasteiger partial charge in [0.05, 0.1) is 20.3 Å². The number of nitrogen functional groups attached to an aromatic ring is 2. The molecule has 1 aromatic heterocycles. The summed E-state index contributed by atoms with van der Waals surface area (Å²) in [5.74, 6) is 2.57. The third-order valence-electron chi connectivity index (χ3n) is 4.24. The Kier molecular flexibility index (Phi) is 4.33. The average Bonchev–Trinajstić information content (AvgIpc) is 2.56. The van der Waals surface area contributed by atoms with E-state index in [0.717, 1.165) is 35.3 Å². The van der Waals surface area contributed by atoms with Crippen LogP contribution in [0.4, 0.5) is 11.8 Å². The third kappa shape index (κ3) is 2.89. The lowest BCUT2D eigenvalue weighted by Gasteiger charge is -2.28. The standard InChI is InChI=1S/C17H22N4O3/c1-9-4-5-12-10(6-11-8-20-17(19)21-16(11)18)7-13(22-2)15(23-3)14(12)24-9/h7-9H,4-6H2,1-3H3,(H4,18,19,20,21). The van der Waals surface area contributed by atoms with Gasteiger partial charge < -0.3 is 25.7 Å². The van der Waals surface area contributed by atoms with Gasteiger partial charge in [-0.15, -0.1) is 0 Å². The van der Waals surface area contributed by atoms with Crippen LogP contribution in [0.5, 0.6) is 17.2 Å². The lowest BCUT2D eigenvalue weighted by atomic mass is 9.93.